The Morgan fingerprint density at radius 3 is 2.55 bits per heavy atom. The van der Waals surface area contributed by atoms with E-state index in [0.29, 0.717) is 16.2 Å². The van der Waals surface area contributed by atoms with Gasteiger partial charge >= 0.3 is 12.1 Å². The van der Waals surface area contributed by atoms with Crippen molar-refractivity contribution in [1.29, 1.82) is 0 Å². The van der Waals surface area contributed by atoms with E-state index >= 15 is 0 Å². The van der Waals surface area contributed by atoms with Crippen molar-refractivity contribution >= 4 is 21.3 Å². The maximum Gasteiger partial charge on any atom is 0.471 e. The Morgan fingerprint density at radius 2 is 1.87 bits per heavy atom. The van der Waals surface area contributed by atoms with Crippen LogP contribution in [0.15, 0.2) is 68.6 Å². The number of rotatable bonds is 4. The third-order valence-corrected chi connectivity index (χ3v) is 5.92. The number of fused-ring (bicyclic) bond motifs is 1. The first kappa shape index (κ1) is 20.7. The minimum Gasteiger partial charge on any atom is -0.329 e. The summed E-state index contributed by atoms with van der Waals surface area (Å²) in [5.41, 5.74) is 1.08. The van der Waals surface area contributed by atoms with Gasteiger partial charge in [-0.2, -0.15) is 22.5 Å². The van der Waals surface area contributed by atoms with Gasteiger partial charge in [-0.1, -0.05) is 23.4 Å². The normalized spacial score (nSPS) is 13.8. The highest BCUT2D eigenvalue weighted by atomic mass is 32.2. The number of carbonyl (C=O) groups is 1. The van der Waals surface area contributed by atoms with Gasteiger partial charge in [-0.15, -0.1) is 0 Å². The molecule has 0 aliphatic rings. The van der Waals surface area contributed by atoms with E-state index < -0.39 is 27.7 Å². The lowest BCUT2D eigenvalue weighted by atomic mass is 10.3. The molecule has 1 unspecified atom stereocenters. The number of halogens is 3. The molecule has 0 saturated carbocycles. The van der Waals surface area contributed by atoms with Crippen LogP contribution in [0.5, 0.6) is 0 Å². The van der Waals surface area contributed by atoms with Crippen molar-refractivity contribution < 1.29 is 26.7 Å². The molecule has 3 aromatic heterocycles. The number of hydrogen-bond acceptors (Lipinski definition) is 6. The third kappa shape index (κ3) is 4.48. The Kier molecular flexibility index (Phi) is 5.09. The lowest BCUT2D eigenvalue weighted by Crippen LogP contribution is -2.06. The fraction of sp³-hybridized carbons (Fsp3) is 0.158. The number of hydrogen-bond donors (Lipinski definition) is 0. The molecule has 1 aromatic carbocycles. The molecule has 3 heterocycles. The van der Waals surface area contributed by atoms with E-state index in [1.54, 1.807) is 30.3 Å². The number of aromatic nitrogens is 4. The van der Waals surface area contributed by atoms with Gasteiger partial charge < -0.3 is 8.92 Å². The zero-order valence-corrected chi connectivity index (χ0v) is 16.7. The van der Waals surface area contributed by atoms with Crippen molar-refractivity contribution in [2.75, 3.05) is 6.26 Å². The Labute approximate surface area is 173 Å². The molecule has 0 aliphatic heterocycles. The van der Waals surface area contributed by atoms with Gasteiger partial charge in [0.1, 0.15) is 5.65 Å². The number of imidazole rings is 1. The molecule has 0 N–H and O–H groups in total. The van der Waals surface area contributed by atoms with Crippen molar-refractivity contribution in [2.24, 2.45) is 4.36 Å². The molecule has 0 aliphatic carbocycles. The first-order valence-corrected chi connectivity index (χ1v) is 10.7. The van der Waals surface area contributed by atoms with Crippen molar-refractivity contribution in [3.05, 3.63) is 66.4 Å². The Balaban J connectivity index is 1.57. The number of carbonyl (C=O) groups excluding carboxylic acids is 1. The Morgan fingerprint density at radius 1 is 1.13 bits per heavy atom. The molecule has 0 spiro atoms. The summed E-state index contributed by atoms with van der Waals surface area (Å²) >= 11 is 0. The van der Waals surface area contributed by atoms with Crippen LogP contribution in [0.3, 0.4) is 0 Å². The van der Waals surface area contributed by atoms with E-state index in [0.717, 1.165) is 0 Å². The molecular weight excluding hydrogens is 435 g/mol. The fourth-order valence-electron chi connectivity index (χ4n) is 2.82. The molecule has 4 rings (SSSR count). The van der Waals surface area contributed by atoms with Gasteiger partial charge in [0.05, 0.1) is 21.8 Å². The summed E-state index contributed by atoms with van der Waals surface area (Å²) in [6, 6.07) is 11.5. The number of nitrogens with zero attached hydrogens (tertiary/aromatic N) is 5. The van der Waals surface area contributed by atoms with Crippen LogP contribution in [0.25, 0.3) is 17.0 Å². The zero-order chi connectivity index (χ0) is 22.2. The van der Waals surface area contributed by atoms with E-state index in [4.69, 9.17) is 0 Å². The van der Waals surface area contributed by atoms with Crippen LogP contribution in [-0.2, 0) is 27.1 Å². The zero-order valence-electron chi connectivity index (χ0n) is 15.9. The van der Waals surface area contributed by atoms with Gasteiger partial charge in [0.15, 0.2) is 0 Å². The molecular formula is C19H14F3N5O3S. The first-order chi connectivity index (χ1) is 14.6. The largest absolute Gasteiger partial charge is 0.471 e. The first-order valence-electron chi connectivity index (χ1n) is 8.81. The lowest BCUT2D eigenvalue weighted by Gasteiger charge is -2.02. The van der Waals surface area contributed by atoms with E-state index in [1.165, 1.54) is 35.2 Å². The standard InChI is InChI=1S/C19H14F3N5O3S/c1-31(29,14-5-3-2-4-6-14)26-16(28)9-13-11-27-10-12(7-8-15(27)23-13)17-24-18(30-25-17)19(20,21)22/h2-8,10-11H,9H2,1H3. The molecule has 8 nitrogen and oxygen atoms in total. The van der Waals surface area contributed by atoms with Crippen LogP contribution in [0.1, 0.15) is 11.6 Å². The molecule has 160 valence electrons. The SMILES string of the molecule is CS(=O)(=NC(=O)Cc1cn2cc(-c3noc(C(F)(F)F)n3)ccc2n1)c1ccccc1. The second kappa shape index (κ2) is 7.61. The van der Waals surface area contributed by atoms with E-state index in [2.05, 4.69) is 24.0 Å². The molecule has 0 radical (unpaired) electrons. The molecule has 1 amide bonds. The number of alkyl halides is 3. The second-order valence-corrected chi connectivity index (χ2v) is 8.87. The second-order valence-electron chi connectivity index (χ2n) is 6.61. The monoisotopic (exact) mass is 449 g/mol. The average molecular weight is 449 g/mol. The summed E-state index contributed by atoms with van der Waals surface area (Å²) in [7, 11) is -2.89. The van der Waals surface area contributed by atoms with Crippen LogP contribution < -0.4 is 0 Å². The Bertz CT molecular complexity index is 1390. The maximum atomic E-state index is 12.7. The topological polar surface area (TPSA) is 103 Å². The minimum absolute atomic E-state index is 0.185. The number of pyridine rings is 1. The van der Waals surface area contributed by atoms with Crippen molar-refractivity contribution in [3.63, 3.8) is 0 Å². The fourth-order valence-corrected chi connectivity index (χ4v) is 4.05. The highest BCUT2D eigenvalue weighted by Crippen LogP contribution is 2.29. The maximum absolute atomic E-state index is 12.7. The summed E-state index contributed by atoms with van der Waals surface area (Å²) in [6.07, 6.45) is -0.549. The van der Waals surface area contributed by atoms with Crippen LogP contribution in [0.4, 0.5) is 13.2 Å². The van der Waals surface area contributed by atoms with Gasteiger partial charge in [-0.3, -0.25) is 4.79 Å². The van der Waals surface area contributed by atoms with E-state index in [9.17, 15) is 22.2 Å². The van der Waals surface area contributed by atoms with Gasteiger partial charge in [-0.05, 0) is 24.3 Å². The highest BCUT2D eigenvalue weighted by molar-refractivity contribution is 7.93. The third-order valence-electron chi connectivity index (χ3n) is 4.22. The molecule has 1 atom stereocenters. The van der Waals surface area contributed by atoms with E-state index in [1.807, 2.05) is 0 Å². The molecule has 0 bridgehead atoms. The van der Waals surface area contributed by atoms with Crippen LogP contribution in [-0.4, -0.2) is 35.9 Å². The highest BCUT2D eigenvalue weighted by Gasteiger charge is 2.38. The van der Waals surface area contributed by atoms with Gasteiger partial charge in [0.25, 0.3) is 5.91 Å². The summed E-state index contributed by atoms with van der Waals surface area (Å²) in [5.74, 6) is -2.28. The van der Waals surface area contributed by atoms with Crippen molar-refractivity contribution in [1.82, 2.24) is 19.5 Å². The van der Waals surface area contributed by atoms with Gasteiger partial charge in [0.2, 0.25) is 5.82 Å². The van der Waals surface area contributed by atoms with Gasteiger partial charge in [-0.25, -0.2) is 9.19 Å². The van der Waals surface area contributed by atoms with Crippen molar-refractivity contribution in [3.8, 4) is 11.4 Å². The molecule has 4 aromatic rings. The van der Waals surface area contributed by atoms with Gasteiger partial charge in [0, 0.05) is 29.1 Å². The number of benzene rings is 1. The van der Waals surface area contributed by atoms with Crippen LogP contribution in [0.2, 0.25) is 0 Å². The molecule has 31 heavy (non-hydrogen) atoms. The smallest absolute Gasteiger partial charge is 0.329 e. The predicted molar refractivity (Wildman–Crippen MR) is 103 cm³/mol. The minimum atomic E-state index is -4.74. The van der Waals surface area contributed by atoms with Crippen LogP contribution >= 0.6 is 0 Å². The summed E-state index contributed by atoms with van der Waals surface area (Å²) < 4.78 is 60.3. The summed E-state index contributed by atoms with van der Waals surface area (Å²) in [4.78, 5) is 20.4. The molecule has 0 fully saturated rings. The lowest BCUT2D eigenvalue weighted by molar-refractivity contribution is -0.159. The summed E-state index contributed by atoms with van der Waals surface area (Å²) in [6.45, 7) is 0. The predicted octanol–water partition coefficient (Wildman–Crippen LogP) is 3.63. The quantitative estimate of drug-likeness (QED) is 0.471. The molecule has 0 saturated heterocycles. The van der Waals surface area contributed by atoms with Crippen LogP contribution in [0, 0.1) is 0 Å². The van der Waals surface area contributed by atoms with E-state index in [-0.39, 0.29) is 17.8 Å². The summed E-state index contributed by atoms with van der Waals surface area (Å²) in [5, 5.41) is 3.34. The number of amides is 1. The Hall–Kier alpha value is -3.54. The molecule has 12 heteroatoms. The average Bonchev–Trinajstić information content (AvgIpc) is 3.34. The van der Waals surface area contributed by atoms with Crippen molar-refractivity contribution in [2.45, 2.75) is 17.5 Å².